The number of carbonyl (C=O) groups is 1. The molecule has 2 heterocycles. The Morgan fingerprint density at radius 1 is 1.42 bits per heavy atom. The summed E-state index contributed by atoms with van der Waals surface area (Å²) in [7, 11) is 1.55. The highest BCUT2D eigenvalue weighted by molar-refractivity contribution is 7.80. The van der Waals surface area contributed by atoms with Crippen molar-refractivity contribution in [3.8, 4) is 5.75 Å². The van der Waals surface area contributed by atoms with Crippen LogP contribution in [0.25, 0.3) is 6.08 Å². The van der Waals surface area contributed by atoms with E-state index in [9.17, 15) is 4.79 Å². The molecule has 1 aliphatic rings. The summed E-state index contributed by atoms with van der Waals surface area (Å²) in [5, 5.41) is 7.98. The van der Waals surface area contributed by atoms with Gasteiger partial charge in [0, 0.05) is 12.7 Å². The lowest BCUT2D eigenvalue weighted by atomic mass is 10.2. The first-order chi connectivity index (χ1) is 11.5. The zero-order valence-corrected chi connectivity index (χ0v) is 14.7. The third-order valence-electron chi connectivity index (χ3n) is 3.55. The van der Waals surface area contributed by atoms with Crippen LogP contribution in [0, 0.1) is 0 Å². The van der Waals surface area contributed by atoms with Crippen molar-refractivity contribution in [1.29, 1.82) is 0 Å². The molecule has 6 nitrogen and oxygen atoms in total. The van der Waals surface area contributed by atoms with Gasteiger partial charge in [-0.05, 0) is 37.4 Å². The quantitative estimate of drug-likeness (QED) is 0.669. The molecule has 0 aliphatic carbocycles. The summed E-state index contributed by atoms with van der Waals surface area (Å²) < 4.78 is 7.01. The van der Waals surface area contributed by atoms with Crippen molar-refractivity contribution in [2.45, 2.75) is 13.5 Å². The maximum atomic E-state index is 12.8. The molecular weight excluding hydrogens is 348 g/mol. The zero-order chi connectivity index (χ0) is 17.3. The van der Waals surface area contributed by atoms with Crippen LogP contribution in [0.5, 0.6) is 5.75 Å². The minimum Gasteiger partial charge on any atom is -0.495 e. The summed E-state index contributed by atoms with van der Waals surface area (Å²) in [6, 6.07) is 7.18. The van der Waals surface area contributed by atoms with Crippen LogP contribution in [0.2, 0.25) is 5.02 Å². The highest BCUT2D eigenvalue weighted by Gasteiger charge is 2.34. The summed E-state index contributed by atoms with van der Waals surface area (Å²) in [6.07, 6.45) is 3.31. The van der Waals surface area contributed by atoms with Crippen molar-refractivity contribution in [2.24, 2.45) is 0 Å². The van der Waals surface area contributed by atoms with Crippen LogP contribution in [-0.2, 0) is 11.3 Å². The summed E-state index contributed by atoms with van der Waals surface area (Å²) in [6.45, 7) is 2.65. The molecule has 1 aliphatic heterocycles. The fourth-order valence-electron chi connectivity index (χ4n) is 2.38. The Labute approximate surface area is 149 Å². The molecule has 1 aromatic carbocycles. The van der Waals surface area contributed by atoms with Gasteiger partial charge in [-0.15, -0.1) is 0 Å². The third kappa shape index (κ3) is 2.88. The lowest BCUT2D eigenvalue weighted by Crippen LogP contribution is -2.30. The number of nitrogens with one attached hydrogen (secondary N) is 1. The van der Waals surface area contributed by atoms with Crippen LogP contribution in [0.15, 0.2) is 36.2 Å². The number of hydrogen-bond donors (Lipinski definition) is 1. The predicted molar refractivity (Wildman–Crippen MR) is 97.1 cm³/mol. The summed E-state index contributed by atoms with van der Waals surface area (Å²) in [4.78, 5) is 14.1. The maximum Gasteiger partial charge on any atom is 0.281 e. The van der Waals surface area contributed by atoms with Gasteiger partial charge in [-0.1, -0.05) is 23.7 Å². The molecule has 1 amide bonds. The smallest absolute Gasteiger partial charge is 0.281 e. The molecule has 0 radical (unpaired) electrons. The Morgan fingerprint density at radius 2 is 2.17 bits per heavy atom. The molecule has 124 valence electrons. The van der Waals surface area contributed by atoms with Crippen molar-refractivity contribution in [3.05, 3.63) is 46.9 Å². The topological polar surface area (TPSA) is 59.4 Å². The monoisotopic (exact) mass is 362 g/mol. The Balaban J connectivity index is 1.97. The van der Waals surface area contributed by atoms with Gasteiger partial charge in [0.25, 0.3) is 5.91 Å². The van der Waals surface area contributed by atoms with E-state index < -0.39 is 0 Å². The van der Waals surface area contributed by atoms with Gasteiger partial charge >= 0.3 is 0 Å². The largest absolute Gasteiger partial charge is 0.495 e. The van der Waals surface area contributed by atoms with Crippen molar-refractivity contribution in [1.82, 2.24) is 15.1 Å². The van der Waals surface area contributed by atoms with Crippen molar-refractivity contribution < 1.29 is 9.53 Å². The molecular formula is C16H15ClN4O2S. The molecule has 24 heavy (non-hydrogen) atoms. The highest BCUT2D eigenvalue weighted by atomic mass is 35.5. The van der Waals surface area contributed by atoms with E-state index in [0.29, 0.717) is 34.4 Å². The SMILES string of the molecule is CCn1cc(Cl)c(/C=C2/NC(=S)N(c3ccccc3OC)C2=O)n1. The number of carbonyl (C=O) groups excluding carboxylic acids is 1. The van der Waals surface area contributed by atoms with Gasteiger partial charge < -0.3 is 10.1 Å². The number of anilines is 1. The van der Waals surface area contributed by atoms with Crippen molar-refractivity contribution >= 4 is 46.6 Å². The van der Waals surface area contributed by atoms with Crippen LogP contribution in [-0.4, -0.2) is 27.9 Å². The number of methoxy groups -OCH3 is 1. The number of hydrogen-bond acceptors (Lipinski definition) is 4. The van der Waals surface area contributed by atoms with Gasteiger partial charge in [-0.3, -0.25) is 9.48 Å². The minimum absolute atomic E-state index is 0.279. The average molecular weight is 363 g/mol. The number of halogens is 1. The van der Waals surface area contributed by atoms with E-state index >= 15 is 0 Å². The first-order valence-corrected chi connectivity index (χ1v) is 8.07. The number of benzene rings is 1. The number of aryl methyl sites for hydroxylation is 1. The standard InChI is InChI=1S/C16H15ClN4O2S/c1-3-20-9-10(17)11(19-20)8-12-15(22)21(16(24)18-12)13-6-4-5-7-14(13)23-2/h4-9H,3H2,1-2H3,(H,18,24)/b12-8+. The molecule has 0 saturated carbocycles. The second kappa shape index (κ2) is 6.62. The average Bonchev–Trinajstić information content (AvgIpc) is 3.07. The first kappa shape index (κ1) is 16.5. The van der Waals surface area contributed by atoms with Crippen LogP contribution < -0.4 is 15.0 Å². The van der Waals surface area contributed by atoms with Crippen molar-refractivity contribution in [2.75, 3.05) is 12.0 Å². The minimum atomic E-state index is -0.286. The maximum absolute atomic E-state index is 12.8. The molecule has 0 atom stereocenters. The fourth-order valence-corrected chi connectivity index (χ4v) is 2.87. The van der Waals surface area contributed by atoms with Gasteiger partial charge in [-0.2, -0.15) is 5.10 Å². The normalized spacial score (nSPS) is 16.0. The molecule has 0 unspecified atom stereocenters. The van der Waals surface area contributed by atoms with E-state index in [0.717, 1.165) is 0 Å². The fraction of sp³-hybridized carbons (Fsp3) is 0.188. The van der Waals surface area contributed by atoms with E-state index in [-0.39, 0.29) is 11.0 Å². The number of aromatic nitrogens is 2. The second-order valence-corrected chi connectivity index (χ2v) is 5.81. The van der Waals surface area contributed by atoms with Crippen LogP contribution in [0.3, 0.4) is 0 Å². The first-order valence-electron chi connectivity index (χ1n) is 7.28. The van der Waals surface area contributed by atoms with Crippen LogP contribution in [0.4, 0.5) is 5.69 Å². The highest BCUT2D eigenvalue weighted by Crippen LogP contribution is 2.31. The number of ether oxygens (including phenoxy) is 1. The molecule has 1 N–H and O–H groups in total. The molecule has 1 fully saturated rings. The van der Waals surface area contributed by atoms with Crippen molar-refractivity contribution in [3.63, 3.8) is 0 Å². The van der Waals surface area contributed by atoms with E-state index in [1.54, 1.807) is 36.2 Å². The summed E-state index contributed by atoms with van der Waals surface area (Å²) in [5.74, 6) is 0.274. The Morgan fingerprint density at radius 3 is 2.83 bits per heavy atom. The van der Waals surface area contributed by atoms with E-state index in [4.69, 9.17) is 28.6 Å². The number of para-hydroxylation sites is 2. The summed E-state index contributed by atoms with van der Waals surface area (Å²) >= 11 is 11.5. The Bertz CT molecular complexity index is 846. The number of rotatable bonds is 4. The number of thiocarbonyl (C=S) groups is 1. The zero-order valence-electron chi connectivity index (χ0n) is 13.1. The molecule has 1 saturated heterocycles. The molecule has 8 heteroatoms. The molecule has 0 spiro atoms. The Kier molecular flexibility index (Phi) is 4.55. The summed E-state index contributed by atoms with van der Waals surface area (Å²) in [5.41, 5.74) is 1.41. The number of nitrogens with zero attached hydrogens (tertiary/aromatic N) is 3. The lowest BCUT2D eigenvalue weighted by molar-refractivity contribution is -0.113. The molecule has 3 rings (SSSR count). The molecule has 1 aromatic heterocycles. The Hall–Kier alpha value is -2.38. The molecule has 0 bridgehead atoms. The second-order valence-electron chi connectivity index (χ2n) is 5.02. The van der Waals surface area contributed by atoms with Gasteiger partial charge in [-0.25, -0.2) is 4.90 Å². The molecule has 2 aromatic rings. The predicted octanol–water partition coefficient (Wildman–Crippen LogP) is 2.83. The van der Waals surface area contributed by atoms with Crippen LogP contribution >= 0.6 is 23.8 Å². The van der Waals surface area contributed by atoms with Gasteiger partial charge in [0.05, 0.1) is 17.8 Å². The van der Waals surface area contributed by atoms with Gasteiger partial charge in [0.15, 0.2) is 5.11 Å². The van der Waals surface area contributed by atoms with Gasteiger partial charge in [0.2, 0.25) is 0 Å². The van der Waals surface area contributed by atoms with E-state index in [1.165, 1.54) is 4.90 Å². The van der Waals surface area contributed by atoms with E-state index in [1.807, 2.05) is 19.1 Å². The van der Waals surface area contributed by atoms with Crippen LogP contribution in [0.1, 0.15) is 12.6 Å². The van der Waals surface area contributed by atoms with Gasteiger partial charge in [0.1, 0.15) is 17.1 Å². The third-order valence-corrected chi connectivity index (χ3v) is 4.13. The lowest BCUT2D eigenvalue weighted by Gasteiger charge is -2.17. The number of amides is 1. The van der Waals surface area contributed by atoms with E-state index in [2.05, 4.69) is 10.4 Å².